The maximum Gasteiger partial charge on any atom is 0.123 e. The highest BCUT2D eigenvalue weighted by Crippen LogP contribution is 2.21. The summed E-state index contributed by atoms with van der Waals surface area (Å²) in [5.41, 5.74) is 1.17. The fourth-order valence-corrected chi connectivity index (χ4v) is 1.75. The minimum Gasteiger partial charge on any atom is -0.493 e. The van der Waals surface area contributed by atoms with Crippen LogP contribution in [0.15, 0.2) is 54.6 Å². The summed E-state index contributed by atoms with van der Waals surface area (Å²) in [7, 11) is 0. The van der Waals surface area contributed by atoms with Crippen LogP contribution in [0.4, 0.5) is 0 Å². The molecule has 0 fully saturated rings. The average Bonchev–Trinajstić information content (AvgIpc) is 2.52. The van der Waals surface area contributed by atoms with Crippen LogP contribution in [0.25, 0.3) is 0 Å². The van der Waals surface area contributed by atoms with Crippen molar-refractivity contribution in [2.24, 2.45) is 5.92 Å². The molecular weight excluding hydrogens is 248 g/mol. The Morgan fingerprint density at radius 1 is 0.900 bits per heavy atom. The Balaban J connectivity index is 1.89. The molecule has 0 bridgehead atoms. The van der Waals surface area contributed by atoms with Gasteiger partial charge in [0.05, 0.1) is 6.61 Å². The number of benzene rings is 2. The van der Waals surface area contributed by atoms with Crippen LogP contribution in [0, 0.1) is 5.92 Å². The lowest BCUT2D eigenvalue weighted by atomic mass is 10.1. The van der Waals surface area contributed by atoms with E-state index in [0.29, 0.717) is 12.5 Å². The third-order valence-electron chi connectivity index (χ3n) is 3.29. The number of hydrogen-bond acceptors (Lipinski definition) is 2. The van der Waals surface area contributed by atoms with Crippen molar-refractivity contribution in [2.45, 2.75) is 26.9 Å². The molecule has 0 aliphatic rings. The number of hydrogen-bond donors (Lipinski definition) is 0. The maximum atomic E-state index is 5.79. The fraction of sp³-hybridized carbons (Fsp3) is 0.333. The molecule has 0 N–H and O–H groups in total. The molecule has 2 rings (SSSR count). The zero-order valence-corrected chi connectivity index (χ0v) is 12.2. The Morgan fingerprint density at radius 2 is 1.60 bits per heavy atom. The maximum absolute atomic E-state index is 5.79. The van der Waals surface area contributed by atoms with Gasteiger partial charge in [-0.1, -0.05) is 56.7 Å². The molecule has 2 aromatic rings. The normalized spacial score (nSPS) is 11.9. The first kappa shape index (κ1) is 14.4. The van der Waals surface area contributed by atoms with Gasteiger partial charge in [-0.25, -0.2) is 0 Å². The molecule has 20 heavy (non-hydrogen) atoms. The molecule has 2 heteroatoms. The summed E-state index contributed by atoms with van der Waals surface area (Å²) in [5, 5.41) is 0. The van der Waals surface area contributed by atoms with E-state index >= 15 is 0 Å². The van der Waals surface area contributed by atoms with E-state index in [2.05, 4.69) is 26.0 Å². The highest BCUT2D eigenvalue weighted by atomic mass is 16.5. The van der Waals surface area contributed by atoms with E-state index in [0.717, 1.165) is 24.5 Å². The minimum atomic E-state index is 0.573. The Bertz CT molecular complexity index is 508. The predicted octanol–water partition coefficient (Wildman–Crippen LogP) is 4.69. The number of rotatable bonds is 7. The van der Waals surface area contributed by atoms with Crippen molar-refractivity contribution < 1.29 is 9.47 Å². The van der Waals surface area contributed by atoms with Crippen LogP contribution < -0.4 is 9.47 Å². The summed E-state index contributed by atoms with van der Waals surface area (Å²) >= 11 is 0. The molecule has 106 valence electrons. The largest absolute Gasteiger partial charge is 0.493 e. The molecule has 0 saturated heterocycles. The second-order valence-corrected chi connectivity index (χ2v) is 5.07. The summed E-state index contributed by atoms with van der Waals surface area (Å²) in [5.74, 6) is 2.29. The fourth-order valence-electron chi connectivity index (χ4n) is 1.75. The molecule has 0 heterocycles. The van der Waals surface area contributed by atoms with Crippen molar-refractivity contribution in [3.63, 3.8) is 0 Å². The molecule has 0 amide bonds. The molecule has 0 aliphatic carbocycles. The Kier molecular flexibility index (Phi) is 5.48. The van der Waals surface area contributed by atoms with Gasteiger partial charge < -0.3 is 9.47 Å². The van der Waals surface area contributed by atoms with E-state index in [1.165, 1.54) is 5.56 Å². The van der Waals surface area contributed by atoms with Crippen molar-refractivity contribution >= 4 is 0 Å². The standard InChI is InChI=1S/C18H22O2/c1-3-15(2)13-19-17-10-7-11-18(12-17)20-14-16-8-5-4-6-9-16/h4-12,15H,3,13-14H2,1-2H3. The van der Waals surface area contributed by atoms with E-state index in [9.17, 15) is 0 Å². The van der Waals surface area contributed by atoms with E-state index in [1.807, 2.05) is 42.5 Å². The van der Waals surface area contributed by atoms with Gasteiger partial charge in [-0.05, 0) is 23.6 Å². The lowest BCUT2D eigenvalue weighted by molar-refractivity contribution is 0.253. The van der Waals surface area contributed by atoms with Crippen molar-refractivity contribution in [3.05, 3.63) is 60.2 Å². The third-order valence-corrected chi connectivity index (χ3v) is 3.29. The molecular formula is C18H22O2. The molecule has 0 aromatic heterocycles. The predicted molar refractivity (Wildman–Crippen MR) is 82.2 cm³/mol. The van der Waals surface area contributed by atoms with Crippen LogP contribution in [0.2, 0.25) is 0 Å². The third kappa shape index (κ3) is 4.61. The van der Waals surface area contributed by atoms with Crippen LogP contribution >= 0.6 is 0 Å². The summed E-state index contributed by atoms with van der Waals surface area (Å²) in [6.45, 7) is 5.69. The van der Waals surface area contributed by atoms with Crippen molar-refractivity contribution in [3.8, 4) is 11.5 Å². The van der Waals surface area contributed by atoms with Gasteiger partial charge in [0.15, 0.2) is 0 Å². The van der Waals surface area contributed by atoms with Crippen LogP contribution in [0.1, 0.15) is 25.8 Å². The van der Waals surface area contributed by atoms with Gasteiger partial charge in [-0.3, -0.25) is 0 Å². The summed E-state index contributed by atoms with van der Waals surface area (Å²) in [6.07, 6.45) is 1.13. The van der Waals surface area contributed by atoms with Gasteiger partial charge in [0.25, 0.3) is 0 Å². The average molecular weight is 270 g/mol. The minimum absolute atomic E-state index is 0.573. The Morgan fingerprint density at radius 3 is 2.30 bits per heavy atom. The molecule has 1 atom stereocenters. The van der Waals surface area contributed by atoms with Crippen molar-refractivity contribution in [2.75, 3.05) is 6.61 Å². The number of ether oxygens (including phenoxy) is 2. The second kappa shape index (κ2) is 7.59. The highest BCUT2D eigenvalue weighted by molar-refractivity contribution is 5.33. The molecule has 0 radical (unpaired) electrons. The highest BCUT2D eigenvalue weighted by Gasteiger charge is 2.02. The van der Waals surface area contributed by atoms with Crippen LogP contribution in [-0.2, 0) is 6.61 Å². The van der Waals surface area contributed by atoms with E-state index < -0.39 is 0 Å². The van der Waals surface area contributed by atoms with E-state index in [4.69, 9.17) is 9.47 Å². The lowest BCUT2D eigenvalue weighted by Gasteiger charge is -2.12. The van der Waals surface area contributed by atoms with Crippen LogP contribution in [-0.4, -0.2) is 6.61 Å². The molecule has 0 saturated carbocycles. The van der Waals surface area contributed by atoms with Gasteiger partial charge in [0.1, 0.15) is 18.1 Å². The first-order valence-corrected chi connectivity index (χ1v) is 7.17. The Hall–Kier alpha value is -1.96. The van der Waals surface area contributed by atoms with Crippen LogP contribution in [0.5, 0.6) is 11.5 Å². The molecule has 0 aliphatic heterocycles. The van der Waals surface area contributed by atoms with Gasteiger partial charge in [0.2, 0.25) is 0 Å². The van der Waals surface area contributed by atoms with Gasteiger partial charge in [-0.2, -0.15) is 0 Å². The summed E-state index contributed by atoms with van der Waals surface area (Å²) in [4.78, 5) is 0. The zero-order chi connectivity index (χ0) is 14.2. The van der Waals surface area contributed by atoms with Crippen molar-refractivity contribution in [1.82, 2.24) is 0 Å². The van der Waals surface area contributed by atoms with Crippen LogP contribution in [0.3, 0.4) is 0 Å². The first-order chi connectivity index (χ1) is 9.78. The van der Waals surface area contributed by atoms with E-state index in [1.54, 1.807) is 0 Å². The zero-order valence-electron chi connectivity index (χ0n) is 12.2. The first-order valence-electron chi connectivity index (χ1n) is 7.17. The topological polar surface area (TPSA) is 18.5 Å². The van der Waals surface area contributed by atoms with Gasteiger partial charge in [-0.15, -0.1) is 0 Å². The Labute approximate surface area is 121 Å². The summed E-state index contributed by atoms with van der Waals surface area (Å²) < 4.78 is 11.6. The molecule has 2 aromatic carbocycles. The molecule has 2 nitrogen and oxygen atoms in total. The quantitative estimate of drug-likeness (QED) is 0.726. The summed E-state index contributed by atoms with van der Waals surface area (Å²) in [6, 6.07) is 18.0. The van der Waals surface area contributed by atoms with Gasteiger partial charge >= 0.3 is 0 Å². The van der Waals surface area contributed by atoms with E-state index in [-0.39, 0.29) is 0 Å². The monoisotopic (exact) mass is 270 g/mol. The van der Waals surface area contributed by atoms with Gasteiger partial charge in [0, 0.05) is 6.07 Å². The lowest BCUT2D eigenvalue weighted by Crippen LogP contribution is -2.07. The SMILES string of the molecule is CCC(C)COc1cccc(OCc2ccccc2)c1. The molecule has 1 unspecified atom stereocenters. The second-order valence-electron chi connectivity index (χ2n) is 5.07. The molecule has 0 spiro atoms. The van der Waals surface area contributed by atoms with Crippen molar-refractivity contribution in [1.29, 1.82) is 0 Å². The smallest absolute Gasteiger partial charge is 0.123 e.